The van der Waals surface area contributed by atoms with Gasteiger partial charge in [0, 0.05) is 25.7 Å². The van der Waals surface area contributed by atoms with Crippen molar-refractivity contribution in [3.8, 4) is 11.4 Å². The van der Waals surface area contributed by atoms with Gasteiger partial charge in [-0.3, -0.25) is 19.3 Å². The molecule has 190 valence electrons. The first-order valence-corrected chi connectivity index (χ1v) is 11.5. The van der Waals surface area contributed by atoms with Crippen LogP contribution in [-0.2, 0) is 26.7 Å². The van der Waals surface area contributed by atoms with E-state index in [0.717, 1.165) is 17.8 Å². The van der Waals surface area contributed by atoms with Crippen molar-refractivity contribution < 1.29 is 22.4 Å². The van der Waals surface area contributed by atoms with Gasteiger partial charge in [-0.1, -0.05) is 13.8 Å². The molecule has 0 bridgehead atoms. The third kappa shape index (κ3) is 3.64. The number of carbonyl (C=O) groups excluding carboxylic acids is 1. The lowest BCUT2D eigenvalue weighted by Gasteiger charge is -2.41. The smallest absolute Gasteiger partial charge is 0.325 e. The molecule has 1 amide bonds. The second kappa shape index (κ2) is 8.42. The van der Waals surface area contributed by atoms with Gasteiger partial charge in [-0.25, -0.2) is 9.37 Å². The Morgan fingerprint density at radius 3 is 2.53 bits per heavy atom. The fraction of sp³-hybridized carbons (Fsp3) is 0.435. The Bertz CT molecular complexity index is 1470. The largest absolute Gasteiger partial charge is 0.435 e. The summed E-state index contributed by atoms with van der Waals surface area (Å²) in [6.45, 7) is 3.86. The zero-order valence-electron chi connectivity index (χ0n) is 20.1. The van der Waals surface area contributed by atoms with Crippen LogP contribution in [0.25, 0.3) is 22.4 Å². The van der Waals surface area contributed by atoms with E-state index < -0.39 is 23.7 Å². The summed E-state index contributed by atoms with van der Waals surface area (Å²) in [6, 6.07) is 1.53. The number of pyridine rings is 1. The molecule has 1 N–H and O–H groups in total. The molecule has 4 aromatic heterocycles. The van der Waals surface area contributed by atoms with Gasteiger partial charge in [0.25, 0.3) is 5.91 Å². The van der Waals surface area contributed by atoms with Crippen LogP contribution < -0.4 is 0 Å². The second-order valence-electron chi connectivity index (χ2n) is 8.90. The van der Waals surface area contributed by atoms with E-state index in [1.807, 2.05) is 13.8 Å². The van der Waals surface area contributed by atoms with Gasteiger partial charge >= 0.3 is 6.18 Å². The summed E-state index contributed by atoms with van der Waals surface area (Å²) in [5.41, 5.74) is 1.64. The number of aryl methyl sites for hydroxylation is 2. The van der Waals surface area contributed by atoms with Crippen molar-refractivity contribution in [2.75, 3.05) is 0 Å². The Hall–Kier alpha value is -3.77. The van der Waals surface area contributed by atoms with Crippen LogP contribution in [0, 0.1) is 5.82 Å². The molecule has 1 aliphatic heterocycles. The minimum Gasteiger partial charge on any atom is -0.325 e. The minimum atomic E-state index is -4.57. The van der Waals surface area contributed by atoms with Crippen LogP contribution in [-0.4, -0.2) is 51.6 Å². The molecule has 2 atom stereocenters. The van der Waals surface area contributed by atoms with E-state index in [4.69, 9.17) is 0 Å². The molecule has 13 heteroatoms. The number of H-pyrrole nitrogens is 1. The topological polar surface area (TPSA) is 97.5 Å². The summed E-state index contributed by atoms with van der Waals surface area (Å²) in [6.07, 6.45) is -2.04. The van der Waals surface area contributed by atoms with Gasteiger partial charge in [-0.15, -0.1) is 0 Å². The summed E-state index contributed by atoms with van der Waals surface area (Å²) in [5, 5.41) is 15.3. The molecule has 0 aliphatic carbocycles. The monoisotopic (exact) mass is 504 g/mol. The number of halogens is 4. The number of amides is 1. The molecular weight excluding hydrogens is 480 g/mol. The fourth-order valence-electron chi connectivity index (χ4n) is 5.13. The first-order chi connectivity index (χ1) is 17.0. The third-order valence-electron chi connectivity index (χ3n) is 6.76. The van der Waals surface area contributed by atoms with Crippen molar-refractivity contribution in [3.05, 3.63) is 46.8 Å². The number of alkyl halides is 3. The van der Waals surface area contributed by atoms with Crippen molar-refractivity contribution in [1.29, 1.82) is 0 Å². The van der Waals surface area contributed by atoms with Crippen molar-refractivity contribution >= 4 is 16.9 Å². The molecule has 0 fully saturated rings. The molecule has 1 aliphatic rings. The maximum absolute atomic E-state index is 13.9. The van der Waals surface area contributed by atoms with Crippen LogP contribution in [0.2, 0.25) is 0 Å². The Balaban J connectivity index is 1.61. The number of fused-ring (bicyclic) bond motifs is 2. The molecule has 0 spiro atoms. The first-order valence-electron chi connectivity index (χ1n) is 11.5. The summed E-state index contributed by atoms with van der Waals surface area (Å²) < 4.78 is 56.6. The van der Waals surface area contributed by atoms with Gasteiger partial charge in [0.15, 0.2) is 11.3 Å². The molecule has 0 radical (unpaired) electrons. The summed E-state index contributed by atoms with van der Waals surface area (Å²) >= 11 is 0. The number of nitrogens with zero attached hydrogens (tertiary/aromatic N) is 7. The Kier molecular flexibility index (Phi) is 5.60. The van der Waals surface area contributed by atoms with Gasteiger partial charge in [0.1, 0.15) is 11.5 Å². The van der Waals surface area contributed by atoms with Gasteiger partial charge in [-0.05, 0) is 31.4 Å². The van der Waals surface area contributed by atoms with Crippen LogP contribution in [0.15, 0.2) is 18.3 Å². The minimum absolute atomic E-state index is 0.134. The van der Waals surface area contributed by atoms with E-state index in [0.29, 0.717) is 36.3 Å². The zero-order valence-corrected chi connectivity index (χ0v) is 20.1. The standard InChI is InChI=1S/C23H24F4N8O/c1-5-12-8-13-18(32-34(4)20(13)16-9-17(23(25,26)27)31-33(16)3)15(6-2)35(12)22(36)19-14-7-11(24)10-28-21(14)30-29-19/h7,9-10,12,15H,5-6,8H2,1-4H3,(H,28,29,30). The molecule has 5 heterocycles. The summed E-state index contributed by atoms with van der Waals surface area (Å²) in [5.74, 6) is -0.942. The Labute approximate surface area is 203 Å². The number of hydrogen-bond acceptors (Lipinski definition) is 5. The first kappa shape index (κ1) is 23.9. The van der Waals surface area contributed by atoms with E-state index in [2.05, 4.69) is 25.4 Å². The summed E-state index contributed by atoms with van der Waals surface area (Å²) in [7, 11) is 3.14. The summed E-state index contributed by atoms with van der Waals surface area (Å²) in [4.78, 5) is 19.4. The highest BCUT2D eigenvalue weighted by atomic mass is 19.4. The Morgan fingerprint density at radius 1 is 1.14 bits per heavy atom. The number of hydrogen-bond donors (Lipinski definition) is 1. The van der Waals surface area contributed by atoms with E-state index in [1.54, 1.807) is 16.6 Å². The van der Waals surface area contributed by atoms with Gasteiger partial charge in [0.2, 0.25) is 0 Å². The van der Waals surface area contributed by atoms with Crippen molar-refractivity contribution in [2.45, 2.75) is 51.4 Å². The number of aromatic amines is 1. The lowest BCUT2D eigenvalue weighted by molar-refractivity contribution is -0.141. The lowest BCUT2D eigenvalue weighted by atomic mass is 9.88. The van der Waals surface area contributed by atoms with Crippen molar-refractivity contribution in [1.82, 2.24) is 39.6 Å². The average molecular weight is 504 g/mol. The quantitative estimate of drug-likeness (QED) is 0.421. The molecule has 9 nitrogen and oxygen atoms in total. The van der Waals surface area contributed by atoms with E-state index in [9.17, 15) is 22.4 Å². The van der Waals surface area contributed by atoms with E-state index >= 15 is 0 Å². The molecule has 5 rings (SSSR count). The maximum Gasteiger partial charge on any atom is 0.435 e. The van der Waals surface area contributed by atoms with Gasteiger partial charge in [-0.2, -0.15) is 28.5 Å². The molecule has 4 aromatic rings. The molecule has 36 heavy (non-hydrogen) atoms. The predicted molar refractivity (Wildman–Crippen MR) is 121 cm³/mol. The van der Waals surface area contributed by atoms with Crippen LogP contribution in [0.1, 0.15) is 60.2 Å². The highest BCUT2D eigenvalue weighted by molar-refractivity contribution is 6.04. The number of nitrogens with one attached hydrogen (secondary N) is 1. The highest BCUT2D eigenvalue weighted by Crippen LogP contribution is 2.42. The van der Waals surface area contributed by atoms with E-state index in [1.165, 1.54) is 17.8 Å². The highest BCUT2D eigenvalue weighted by Gasteiger charge is 2.42. The fourth-order valence-corrected chi connectivity index (χ4v) is 5.13. The molecule has 0 saturated heterocycles. The SMILES string of the molecule is CCC1Cc2c(nn(C)c2-c2cc(C(F)(F)F)nn2C)C(CC)N1C(=O)c1[nH]nc2ncc(F)cc12. The molecule has 0 saturated carbocycles. The maximum atomic E-state index is 13.9. The van der Waals surface area contributed by atoms with Gasteiger partial charge < -0.3 is 4.90 Å². The van der Waals surface area contributed by atoms with Crippen molar-refractivity contribution in [3.63, 3.8) is 0 Å². The molecule has 0 aromatic carbocycles. The predicted octanol–water partition coefficient (Wildman–Crippen LogP) is 4.18. The average Bonchev–Trinajstić information content (AvgIpc) is 3.50. The van der Waals surface area contributed by atoms with E-state index in [-0.39, 0.29) is 28.7 Å². The number of rotatable bonds is 4. The third-order valence-corrected chi connectivity index (χ3v) is 6.76. The molecular formula is C23H24F4N8O. The van der Waals surface area contributed by atoms with Crippen LogP contribution in [0.3, 0.4) is 0 Å². The molecule has 2 unspecified atom stereocenters. The number of carbonyl (C=O) groups is 1. The zero-order chi connectivity index (χ0) is 25.9. The second-order valence-corrected chi connectivity index (χ2v) is 8.90. The van der Waals surface area contributed by atoms with Crippen LogP contribution >= 0.6 is 0 Å². The van der Waals surface area contributed by atoms with Crippen molar-refractivity contribution in [2.24, 2.45) is 14.1 Å². The number of aromatic nitrogens is 7. The Morgan fingerprint density at radius 2 is 1.89 bits per heavy atom. The normalized spacial score (nSPS) is 18.2. The lowest BCUT2D eigenvalue weighted by Crippen LogP contribution is -2.47. The van der Waals surface area contributed by atoms with Gasteiger partial charge in [0.05, 0.1) is 34.7 Å². The van der Waals surface area contributed by atoms with Crippen LogP contribution in [0.4, 0.5) is 17.6 Å². The van der Waals surface area contributed by atoms with Crippen LogP contribution in [0.5, 0.6) is 0 Å².